The molecule has 0 aromatic rings. The minimum Gasteiger partial charge on any atom is -0.281 e. The molecule has 11 heavy (non-hydrogen) atoms. The fraction of sp³-hybridized carbons (Fsp3) is 0.571. The molecule has 0 fully saturated rings. The fourth-order valence-corrected chi connectivity index (χ4v) is 0.916. The summed E-state index contributed by atoms with van der Waals surface area (Å²) in [5, 5.41) is -0.419. The van der Waals surface area contributed by atoms with E-state index in [4.69, 9.17) is 21.4 Å². The molecule has 4 heteroatoms. The molecule has 62 valence electrons. The zero-order valence-electron chi connectivity index (χ0n) is 6.12. The van der Waals surface area contributed by atoms with Gasteiger partial charge in [-0.1, -0.05) is 12.2 Å². The maximum absolute atomic E-state index is 10.4. The predicted octanol–water partition coefficient (Wildman–Crippen LogP) is 1.42. The van der Waals surface area contributed by atoms with Gasteiger partial charge in [0.1, 0.15) is 12.2 Å². The third-order valence-electron chi connectivity index (χ3n) is 1.29. The van der Waals surface area contributed by atoms with Gasteiger partial charge in [0.15, 0.2) is 0 Å². The van der Waals surface area contributed by atoms with Crippen molar-refractivity contribution in [3.8, 4) is 0 Å². The average molecular weight is 177 g/mol. The van der Waals surface area contributed by atoms with Crippen molar-refractivity contribution in [3.05, 3.63) is 12.2 Å². The summed E-state index contributed by atoms with van der Waals surface area (Å²) in [5.41, 5.74) is 0. The third kappa shape index (κ3) is 3.01. The van der Waals surface area contributed by atoms with Gasteiger partial charge in [0.2, 0.25) is 5.24 Å². The minimum absolute atomic E-state index is 0.0447. The number of halogens is 1. The van der Waals surface area contributed by atoms with Crippen LogP contribution in [0.5, 0.6) is 0 Å². The topological polar surface area (TPSA) is 35.5 Å². The summed E-state index contributed by atoms with van der Waals surface area (Å²) in [6.07, 6.45) is 3.39. The Hall–Kier alpha value is -0.380. The van der Waals surface area contributed by atoms with Gasteiger partial charge in [-0.25, -0.2) is 9.78 Å². The first-order valence-electron chi connectivity index (χ1n) is 3.37. The van der Waals surface area contributed by atoms with Crippen LogP contribution in [0.15, 0.2) is 12.2 Å². The SMILES string of the molecule is C[C@@H]1C=C[C@H](CC(=O)Cl)OO1. The summed E-state index contributed by atoms with van der Waals surface area (Å²) in [7, 11) is 0. The molecule has 1 aliphatic rings. The molecule has 0 N–H and O–H groups in total. The molecule has 1 aliphatic heterocycles. The van der Waals surface area contributed by atoms with Crippen LogP contribution in [-0.2, 0) is 14.6 Å². The second kappa shape index (κ2) is 3.85. The number of hydrogen-bond donors (Lipinski definition) is 0. The largest absolute Gasteiger partial charge is 0.281 e. The lowest BCUT2D eigenvalue weighted by atomic mass is 10.2. The molecule has 0 spiro atoms. The summed E-state index contributed by atoms with van der Waals surface area (Å²) in [6, 6.07) is 0. The highest BCUT2D eigenvalue weighted by Gasteiger charge is 2.16. The lowest BCUT2D eigenvalue weighted by Gasteiger charge is -2.18. The molecule has 0 saturated carbocycles. The van der Waals surface area contributed by atoms with Crippen LogP contribution in [0.3, 0.4) is 0 Å². The van der Waals surface area contributed by atoms with Gasteiger partial charge in [-0.3, -0.25) is 4.79 Å². The molecule has 2 atom stereocenters. The van der Waals surface area contributed by atoms with E-state index < -0.39 is 5.24 Å². The normalized spacial score (nSPS) is 30.4. The van der Waals surface area contributed by atoms with E-state index in [-0.39, 0.29) is 18.6 Å². The molecule has 0 aromatic heterocycles. The van der Waals surface area contributed by atoms with Gasteiger partial charge in [0, 0.05) is 0 Å². The van der Waals surface area contributed by atoms with Crippen molar-refractivity contribution in [1.29, 1.82) is 0 Å². The second-order valence-electron chi connectivity index (χ2n) is 2.38. The van der Waals surface area contributed by atoms with Crippen molar-refractivity contribution in [3.63, 3.8) is 0 Å². The van der Waals surface area contributed by atoms with Gasteiger partial charge in [0.05, 0.1) is 6.42 Å². The minimum atomic E-state index is -0.419. The van der Waals surface area contributed by atoms with Gasteiger partial charge in [0.25, 0.3) is 0 Å². The summed E-state index contributed by atoms with van der Waals surface area (Å²) in [6.45, 7) is 1.84. The Morgan fingerprint density at radius 2 is 2.27 bits per heavy atom. The Kier molecular flexibility index (Phi) is 3.05. The Bertz CT molecular complexity index is 179. The number of carbonyl (C=O) groups excluding carboxylic acids is 1. The lowest BCUT2D eigenvalue weighted by molar-refractivity contribution is -0.335. The van der Waals surface area contributed by atoms with Crippen molar-refractivity contribution in [2.75, 3.05) is 0 Å². The van der Waals surface area contributed by atoms with Crippen LogP contribution in [0.1, 0.15) is 13.3 Å². The van der Waals surface area contributed by atoms with Gasteiger partial charge >= 0.3 is 0 Å². The first-order valence-corrected chi connectivity index (χ1v) is 3.75. The van der Waals surface area contributed by atoms with Crippen LogP contribution in [0.2, 0.25) is 0 Å². The predicted molar refractivity (Wildman–Crippen MR) is 40.0 cm³/mol. The van der Waals surface area contributed by atoms with Crippen LogP contribution in [0.4, 0.5) is 0 Å². The Balaban J connectivity index is 2.38. The van der Waals surface area contributed by atoms with E-state index in [0.29, 0.717) is 0 Å². The van der Waals surface area contributed by atoms with E-state index in [1.54, 1.807) is 6.08 Å². The summed E-state index contributed by atoms with van der Waals surface area (Å²) >= 11 is 5.14. The Morgan fingerprint density at radius 3 is 2.73 bits per heavy atom. The first-order chi connectivity index (χ1) is 5.18. The Morgan fingerprint density at radius 1 is 1.55 bits per heavy atom. The number of carbonyl (C=O) groups is 1. The number of rotatable bonds is 2. The van der Waals surface area contributed by atoms with Crippen molar-refractivity contribution in [2.24, 2.45) is 0 Å². The van der Waals surface area contributed by atoms with E-state index in [1.807, 2.05) is 13.0 Å². The van der Waals surface area contributed by atoms with E-state index in [1.165, 1.54) is 0 Å². The summed E-state index contributed by atoms with van der Waals surface area (Å²) in [5.74, 6) is 0. The second-order valence-corrected chi connectivity index (χ2v) is 2.80. The molecule has 0 aromatic carbocycles. The van der Waals surface area contributed by atoms with Crippen LogP contribution < -0.4 is 0 Å². The number of hydrogen-bond acceptors (Lipinski definition) is 3. The monoisotopic (exact) mass is 176 g/mol. The highest BCUT2D eigenvalue weighted by molar-refractivity contribution is 6.63. The quantitative estimate of drug-likeness (QED) is 0.363. The van der Waals surface area contributed by atoms with E-state index in [2.05, 4.69) is 0 Å². The van der Waals surface area contributed by atoms with Crippen LogP contribution >= 0.6 is 11.6 Å². The zero-order valence-corrected chi connectivity index (χ0v) is 6.88. The Labute approximate surface area is 69.9 Å². The molecule has 1 heterocycles. The highest BCUT2D eigenvalue weighted by atomic mass is 35.5. The highest BCUT2D eigenvalue weighted by Crippen LogP contribution is 2.12. The molecule has 0 saturated heterocycles. The molecule has 1 rings (SSSR count). The van der Waals surface area contributed by atoms with Crippen molar-refractivity contribution >= 4 is 16.8 Å². The zero-order chi connectivity index (χ0) is 8.27. The fourth-order valence-electron chi connectivity index (χ4n) is 0.764. The van der Waals surface area contributed by atoms with Gasteiger partial charge in [-0.2, -0.15) is 0 Å². The molecular formula is C7H9ClO3. The molecule has 3 nitrogen and oxygen atoms in total. The van der Waals surface area contributed by atoms with Gasteiger partial charge in [-0.05, 0) is 18.5 Å². The lowest BCUT2D eigenvalue weighted by Crippen LogP contribution is -2.21. The maximum Gasteiger partial charge on any atom is 0.224 e. The third-order valence-corrected chi connectivity index (χ3v) is 1.44. The smallest absolute Gasteiger partial charge is 0.224 e. The average Bonchev–Trinajstić information content (AvgIpc) is 1.93. The maximum atomic E-state index is 10.4. The molecular weight excluding hydrogens is 168 g/mol. The van der Waals surface area contributed by atoms with Crippen LogP contribution in [-0.4, -0.2) is 17.5 Å². The molecule has 0 amide bonds. The molecule has 0 bridgehead atoms. The molecule has 0 unspecified atom stereocenters. The summed E-state index contributed by atoms with van der Waals surface area (Å²) in [4.78, 5) is 20.0. The van der Waals surface area contributed by atoms with Crippen molar-refractivity contribution in [2.45, 2.75) is 25.6 Å². The van der Waals surface area contributed by atoms with Crippen LogP contribution in [0, 0.1) is 0 Å². The molecule has 0 aliphatic carbocycles. The van der Waals surface area contributed by atoms with Crippen LogP contribution in [0.25, 0.3) is 0 Å². The van der Waals surface area contributed by atoms with Gasteiger partial charge in [-0.15, -0.1) is 0 Å². The van der Waals surface area contributed by atoms with E-state index in [0.717, 1.165) is 0 Å². The van der Waals surface area contributed by atoms with Crippen molar-refractivity contribution in [1.82, 2.24) is 0 Å². The first kappa shape index (κ1) is 8.71. The summed E-state index contributed by atoms with van der Waals surface area (Å²) < 4.78 is 0. The van der Waals surface area contributed by atoms with E-state index in [9.17, 15) is 4.79 Å². The van der Waals surface area contributed by atoms with Gasteiger partial charge < -0.3 is 0 Å². The standard InChI is InChI=1S/C7H9ClO3/c1-5-2-3-6(11-10-5)4-7(8)9/h2-3,5-6H,4H2,1H3/t5-,6-/m1/s1. The van der Waals surface area contributed by atoms with Crippen molar-refractivity contribution < 1.29 is 14.6 Å². The van der Waals surface area contributed by atoms with E-state index >= 15 is 0 Å². The molecule has 0 radical (unpaired) electrons.